The van der Waals surface area contributed by atoms with E-state index in [4.69, 9.17) is 13.3 Å². The Morgan fingerprint density at radius 3 is 2.07 bits per heavy atom. The number of carbonyl (C=O) groups is 1. The maximum Gasteiger partial charge on any atom is 0.520 e. The van der Waals surface area contributed by atoms with E-state index in [1.807, 2.05) is 0 Å². The van der Waals surface area contributed by atoms with E-state index < -0.39 is 14.9 Å². The van der Waals surface area contributed by atoms with E-state index in [1.165, 1.54) is 21.3 Å². The molecule has 14 heavy (non-hydrogen) atoms. The molecule has 0 heterocycles. The van der Waals surface area contributed by atoms with Crippen LogP contribution in [0.1, 0.15) is 6.92 Å². The first-order valence-electron chi connectivity index (χ1n) is 4.20. The summed E-state index contributed by atoms with van der Waals surface area (Å²) in [5.41, 5.74) is 0. The molecule has 0 atom stereocenters. The second kappa shape index (κ2) is 6.77. The lowest BCUT2D eigenvalue weighted by atomic mass is 10.9. The maximum atomic E-state index is 11.0. The molecule has 0 aromatic heterocycles. The topological polar surface area (TPSA) is 66.0 Å². The van der Waals surface area contributed by atoms with Crippen LogP contribution in [0.25, 0.3) is 0 Å². The van der Waals surface area contributed by atoms with Crippen LogP contribution in [0.5, 0.6) is 0 Å². The van der Waals surface area contributed by atoms with E-state index in [-0.39, 0.29) is 6.17 Å². The summed E-state index contributed by atoms with van der Waals surface area (Å²) >= 11 is 0. The van der Waals surface area contributed by atoms with Gasteiger partial charge in [0.1, 0.15) is 0 Å². The van der Waals surface area contributed by atoms with Gasteiger partial charge in [-0.25, -0.2) is 4.79 Å². The number of carbonyl (C=O) groups excluding carboxylic acids is 1. The molecule has 0 saturated heterocycles. The zero-order chi connectivity index (χ0) is 11.0. The molecule has 0 unspecified atom stereocenters. The fraction of sp³-hybridized carbons (Fsp3) is 0.857. The van der Waals surface area contributed by atoms with Crippen LogP contribution < -0.4 is 5.32 Å². The molecule has 84 valence electrons. The highest BCUT2D eigenvalue weighted by Crippen LogP contribution is 2.03. The number of hydrogen-bond acceptors (Lipinski definition) is 5. The minimum Gasteiger partial charge on any atom is -0.450 e. The summed E-state index contributed by atoms with van der Waals surface area (Å²) in [6, 6.07) is 0. The normalized spacial score (nSPS) is 11.1. The van der Waals surface area contributed by atoms with Crippen LogP contribution in [0.15, 0.2) is 0 Å². The highest BCUT2D eigenvalue weighted by molar-refractivity contribution is 6.61. The fourth-order valence-corrected chi connectivity index (χ4v) is 2.12. The number of rotatable bonds is 6. The molecule has 7 heteroatoms. The highest BCUT2D eigenvalue weighted by Gasteiger charge is 2.38. The molecule has 0 aliphatic heterocycles. The van der Waals surface area contributed by atoms with Crippen molar-refractivity contribution in [1.29, 1.82) is 0 Å². The van der Waals surface area contributed by atoms with Gasteiger partial charge in [-0.2, -0.15) is 0 Å². The Labute approximate surface area is 84.8 Å². The summed E-state index contributed by atoms with van der Waals surface area (Å²) in [4.78, 5) is 11.0. The van der Waals surface area contributed by atoms with Crippen LogP contribution >= 0.6 is 0 Å². The quantitative estimate of drug-likeness (QED) is 0.649. The summed E-state index contributed by atoms with van der Waals surface area (Å²) in [7, 11) is 1.71. The average molecular weight is 223 g/mol. The van der Waals surface area contributed by atoms with E-state index in [0.29, 0.717) is 6.61 Å². The summed E-state index contributed by atoms with van der Waals surface area (Å²) in [6.07, 6.45) is -0.314. The van der Waals surface area contributed by atoms with Gasteiger partial charge in [0, 0.05) is 21.3 Å². The molecule has 0 aromatic rings. The largest absolute Gasteiger partial charge is 0.520 e. The lowest BCUT2D eigenvalue weighted by Crippen LogP contribution is -2.53. The van der Waals surface area contributed by atoms with Crippen LogP contribution in [-0.2, 0) is 18.0 Å². The molecule has 0 fully saturated rings. The molecule has 0 aliphatic carbocycles. The Morgan fingerprint density at radius 2 is 1.71 bits per heavy atom. The predicted molar refractivity (Wildman–Crippen MR) is 51.8 cm³/mol. The number of amides is 1. The molecule has 0 rings (SSSR count). The second-order valence-electron chi connectivity index (χ2n) is 2.37. The lowest BCUT2D eigenvalue weighted by molar-refractivity contribution is 0.116. The highest BCUT2D eigenvalue weighted by atomic mass is 28.4. The van der Waals surface area contributed by atoms with Crippen molar-refractivity contribution in [3.63, 3.8) is 0 Å². The summed E-state index contributed by atoms with van der Waals surface area (Å²) in [5.74, 6) is 0. The Morgan fingerprint density at radius 1 is 1.21 bits per heavy atom. The third-order valence-electron chi connectivity index (χ3n) is 1.66. The predicted octanol–water partition coefficient (Wildman–Crippen LogP) is 0.150. The molecule has 0 spiro atoms. The number of ether oxygens (including phenoxy) is 1. The van der Waals surface area contributed by atoms with Gasteiger partial charge in [-0.05, 0) is 6.92 Å². The van der Waals surface area contributed by atoms with Crippen molar-refractivity contribution in [2.24, 2.45) is 0 Å². The number of alkyl carbamates (subject to hydrolysis) is 1. The minimum absolute atomic E-state index is 0.190. The van der Waals surface area contributed by atoms with Crippen LogP contribution in [-0.4, -0.2) is 49.0 Å². The van der Waals surface area contributed by atoms with E-state index in [9.17, 15) is 4.79 Å². The first kappa shape index (κ1) is 13.4. The minimum atomic E-state index is -2.72. The molecular weight excluding hydrogens is 206 g/mol. The van der Waals surface area contributed by atoms with Gasteiger partial charge in [-0.1, -0.05) is 0 Å². The third kappa shape index (κ3) is 4.05. The zero-order valence-electron chi connectivity index (χ0n) is 8.96. The first-order valence-corrected chi connectivity index (χ1v) is 6.13. The van der Waals surface area contributed by atoms with Crippen LogP contribution in [0, 0.1) is 0 Å². The molecule has 1 N–H and O–H groups in total. The number of nitrogens with one attached hydrogen (secondary N) is 1. The number of hydrogen-bond donors (Lipinski definition) is 1. The van der Waals surface area contributed by atoms with Crippen molar-refractivity contribution in [2.45, 2.75) is 6.92 Å². The standard InChI is InChI=1S/C7H17NO5Si/c1-5-13-7(9)8-6-14(10-2,11-3)12-4/h5-6H2,1-4H3,(H,8,9). The van der Waals surface area contributed by atoms with Crippen molar-refractivity contribution >= 4 is 14.9 Å². The van der Waals surface area contributed by atoms with Crippen LogP contribution in [0.2, 0.25) is 0 Å². The first-order chi connectivity index (χ1) is 6.64. The molecule has 0 bridgehead atoms. The Kier molecular flexibility index (Phi) is 6.46. The Bertz CT molecular complexity index is 165. The molecule has 0 radical (unpaired) electrons. The molecule has 0 saturated carbocycles. The van der Waals surface area contributed by atoms with Gasteiger partial charge in [-0.15, -0.1) is 0 Å². The van der Waals surface area contributed by atoms with E-state index >= 15 is 0 Å². The van der Waals surface area contributed by atoms with Gasteiger partial charge in [0.25, 0.3) is 0 Å². The summed E-state index contributed by atoms with van der Waals surface area (Å²) in [6.45, 7) is 2.06. The zero-order valence-corrected chi connectivity index (χ0v) is 9.96. The molecule has 0 aliphatic rings. The van der Waals surface area contributed by atoms with Gasteiger partial charge < -0.3 is 23.3 Å². The second-order valence-corrected chi connectivity index (χ2v) is 5.31. The van der Waals surface area contributed by atoms with Gasteiger partial charge >= 0.3 is 14.9 Å². The third-order valence-corrected chi connectivity index (χ3v) is 4.13. The molecule has 0 aromatic carbocycles. The molecule has 6 nitrogen and oxygen atoms in total. The molecular formula is C7H17NO5Si. The van der Waals surface area contributed by atoms with Gasteiger partial charge in [0.2, 0.25) is 0 Å². The van der Waals surface area contributed by atoms with E-state index in [1.54, 1.807) is 6.92 Å². The SMILES string of the molecule is CCOC(=O)NC[Si](OC)(OC)OC. The van der Waals surface area contributed by atoms with Crippen molar-refractivity contribution in [3.05, 3.63) is 0 Å². The smallest absolute Gasteiger partial charge is 0.450 e. The van der Waals surface area contributed by atoms with Crippen LogP contribution in [0.3, 0.4) is 0 Å². The lowest BCUT2D eigenvalue weighted by Gasteiger charge is -2.24. The Balaban J connectivity index is 3.99. The van der Waals surface area contributed by atoms with E-state index in [0.717, 1.165) is 0 Å². The fourth-order valence-electron chi connectivity index (χ4n) is 0.829. The molecule has 1 amide bonds. The van der Waals surface area contributed by atoms with Gasteiger partial charge in [-0.3, -0.25) is 0 Å². The monoisotopic (exact) mass is 223 g/mol. The van der Waals surface area contributed by atoms with E-state index in [2.05, 4.69) is 10.1 Å². The summed E-state index contributed by atoms with van der Waals surface area (Å²) < 4.78 is 19.9. The van der Waals surface area contributed by atoms with Crippen molar-refractivity contribution < 1.29 is 22.8 Å². The van der Waals surface area contributed by atoms with Crippen molar-refractivity contribution in [3.8, 4) is 0 Å². The van der Waals surface area contributed by atoms with Crippen molar-refractivity contribution in [1.82, 2.24) is 5.32 Å². The van der Waals surface area contributed by atoms with Crippen LogP contribution in [0.4, 0.5) is 4.79 Å². The maximum absolute atomic E-state index is 11.0. The average Bonchev–Trinajstić information content (AvgIpc) is 2.21. The van der Waals surface area contributed by atoms with Gasteiger partial charge in [0.05, 0.1) is 12.8 Å². The van der Waals surface area contributed by atoms with Gasteiger partial charge in [0.15, 0.2) is 0 Å². The van der Waals surface area contributed by atoms with Crippen molar-refractivity contribution in [2.75, 3.05) is 34.1 Å². The summed E-state index contributed by atoms with van der Waals surface area (Å²) in [5, 5.41) is 2.50. The Hall–Kier alpha value is -0.633.